The molecule has 0 aromatic heterocycles. The van der Waals surface area contributed by atoms with Crippen LogP contribution in [0.2, 0.25) is 0 Å². The Bertz CT molecular complexity index is 680. The van der Waals surface area contributed by atoms with Crippen molar-refractivity contribution in [3.8, 4) is 0 Å². The monoisotopic (exact) mass is 266 g/mol. The van der Waals surface area contributed by atoms with Crippen LogP contribution in [0.5, 0.6) is 0 Å². The number of nitrogens with two attached hydrogens (primary N) is 1. The van der Waals surface area contributed by atoms with E-state index in [1.807, 2.05) is 30.3 Å². The van der Waals surface area contributed by atoms with Crippen LogP contribution in [0.1, 0.15) is 26.3 Å². The number of nitrogens with zero attached hydrogens (tertiary/aromatic N) is 1. The second-order valence-electron chi connectivity index (χ2n) is 4.80. The maximum absolute atomic E-state index is 12.2. The average molecular weight is 266 g/mol. The molecular weight excluding hydrogens is 252 g/mol. The predicted octanol–water partition coefficient (Wildman–Crippen LogP) is 2.11. The largest absolute Gasteiger partial charge is 0.399 e. The first-order chi connectivity index (χ1) is 9.66. The van der Waals surface area contributed by atoms with Gasteiger partial charge < -0.3 is 5.73 Å². The van der Waals surface area contributed by atoms with E-state index in [0.717, 1.165) is 5.56 Å². The van der Waals surface area contributed by atoms with Crippen molar-refractivity contribution in [2.24, 2.45) is 0 Å². The molecule has 0 unspecified atom stereocenters. The minimum atomic E-state index is -0.256. The Morgan fingerprint density at radius 3 is 2.35 bits per heavy atom. The highest BCUT2D eigenvalue weighted by atomic mass is 16.2. The van der Waals surface area contributed by atoms with E-state index in [0.29, 0.717) is 29.8 Å². The third-order valence-corrected chi connectivity index (χ3v) is 3.46. The van der Waals surface area contributed by atoms with Gasteiger partial charge in [-0.1, -0.05) is 30.3 Å². The summed E-state index contributed by atoms with van der Waals surface area (Å²) in [5, 5.41) is 0. The summed E-state index contributed by atoms with van der Waals surface area (Å²) >= 11 is 0. The first kappa shape index (κ1) is 12.4. The number of amides is 2. The summed E-state index contributed by atoms with van der Waals surface area (Å²) in [6, 6.07) is 14.6. The highest BCUT2D eigenvalue weighted by molar-refractivity contribution is 6.21. The molecule has 2 amide bonds. The van der Waals surface area contributed by atoms with Gasteiger partial charge in [-0.15, -0.1) is 0 Å². The second-order valence-corrected chi connectivity index (χ2v) is 4.80. The standard InChI is InChI=1S/C16H14N2O2/c17-12-6-7-13-14(10-12)16(20)18(15(13)19)9-8-11-4-2-1-3-5-11/h1-7,10H,8-9,17H2. The van der Waals surface area contributed by atoms with Crippen molar-refractivity contribution >= 4 is 17.5 Å². The van der Waals surface area contributed by atoms with Crippen molar-refractivity contribution in [2.45, 2.75) is 6.42 Å². The molecule has 0 aliphatic carbocycles. The lowest BCUT2D eigenvalue weighted by Crippen LogP contribution is -2.31. The van der Waals surface area contributed by atoms with Gasteiger partial charge >= 0.3 is 0 Å². The second kappa shape index (κ2) is 4.81. The summed E-state index contributed by atoms with van der Waals surface area (Å²) in [4.78, 5) is 25.7. The first-order valence-corrected chi connectivity index (χ1v) is 6.46. The van der Waals surface area contributed by atoms with E-state index in [4.69, 9.17) is 5.73 Å². The smallest absolute Gasteiger partial charge is 0.261 e. The van der Waals surface area contributed by atoms with Crippen molar-refractivity contribution in [1.29, 1.82) is 0 Å². The molecule has 100 valence electrons. The SMILES string of the molecule is Nc1ccc2c(c1)C(=O)N(CCc1ccccc1)C2=O. The molecule has 2 N–H and O–H groups in total. The molecule has 4 nitrogen and oxygen atoms in total. The Morgan fingerprint density at radius 2 is 1.60 bits per heavy atom. The number of carbonyl (C=O) groups excluding carboxylic acids is 2. The third kappa shape index (κ3) is 2.05. The van der Waals surface area contributed by atoms with E-state index in [-0.39, 0.29) is 11.8 Å². The first-order valence-electron chi connectivity index (χ1n) is 6.46. The Hall–Kier alpha value is -2.62. The van der Waals surface area contributed by atoms with E-state index >= 15 is 0 Å². The summed E-state index contributed by atoms with van der Waals surface area (Å²) in [5.41, 5.74) is 8.11. The van der Waals surface area contributed by atoms with E-state index < -0.39 is 0 Å². The number of hydrogen-bond acceptors (Lipinski definition) is 3. The molecule has 2 aromatic rings. The molecule has 0 atom stereocenters. The van der Waals surface area contributed by atoms with Crippen LogP contribution in [-0.4, -0.2) is 23.3 Å². The van der Waals surface area contributed by atoms with Crippen LogP contribution in [0.15, 0.2) is 48.5 Å². The van der Waals surface area contributed by atoms with Gasteiger partial charge in [0, 0.05) is 12.2 Å². The van der Waals surface area contributed by atoms with Crippen LogP contribution in [0.3, 0.4) is 0 Å². The molecule has 20 heavy (non-hydrogen) atoms. The van der Waals surface area contributed by atoms with Crippen LogP contribution >= 0.6 is 0 Å². The Morgan fingerprint density at radius 1 is 0.900 bits per heavy atom. The third-order valence-electron chi connectivity index (χ3n) is 3.46. The lowest BCUT2D eigenvalue weighted by Gasteiger charge is -2.13. The van der Waals surface area contributed by atoms with Crippen LogP contribution in [-0.2, 0) is 6.42 Å². The minimum Gasteiger partial charge on any atom is -0.399 e. The Balaban J connectivity index is 1.80. The summed E-state index contributed by atoms with van der Waals surface area (Å²) < 4.78 is 0. The number of fused-ring (bicyclic) bond motifs is 1. The highest BCUT2D eigenvalue weighted by Crippen LogP contribution is 2.24. The molecular formula is C16H14N2O2. The molecule has 2 aromatic carbocycles. The molecule has 0 bridgehead atoms. The molecule has 4 heteroatoms. The zero-order valence-electron chi connectivity index (χ0n) is 10.9. The minimum absolute atomic E-state index is 0.235. The van der Waals surface area contributed by atoms with E-state index in [1.165, 1.54) is 4.90 Å². The fourth-order valence-corrected chi connectivity index (χ4v) is 2.40. The van der Waals surface area contributed by atoms with E-state index in [9.17, 15) is 9.59 Å². The summed E-state index contributed by atoms with van der Waals surface area (Å²) in [5.74, 6) is -0.492. The van der Waals surface area contributed by atoms with Crippen molar-refractivity contribution in [3.05, 3.63) is 65.2 Å². The zero-order chi connectivity index (χ0) is 14.1. The number of carbonyl (C=O) groups is 2. The Kier molecular flexibility index (Phi) is 2.99. The molecule has 0 fully saturated rings. The maximum atomic E-state index is 12.2. The topological polar surface area (TPSA) is 63.4 Å². The van der Waals surface area contributed by atoms with Crippen molar-refractivity contribution in [2.75, 3.05) is 12.3 Å². The molecule has 1 heterocycles. The highest BCUT2D eigenvalue weighted by Gasteiger charge is 2.34. The lowest BCUT2D eigenvalue weighted by molar-refractivity contribution is 0.0656. The molecule has 1 aliphatic rings. The van der Waals surface area contributed by atoms with Gasteiger partial charge in [-0.05, 0) is 30.2 Å². The van der Waals surface area contributed by atoms with Gasteiger partial charge in [0.25, 0.3) is 11.8 Å². The van der Waals surface area contributed by atoms with E-state index in [2.05, 4.69) is 0 Å². The van der Waals surface area contributed by atoms with Crippen molar-refractivity contribution in [3.63, 3.8) is 0 Å². The van der Waals surface area contributed by atoms with Crippen LogP contribution in [0.25, 0.3) is 0 Å². The van der Waals surface area contributed by atoms with Crippen LogP contribution in [0.4, 0.5) is 5.69 Å². The molecule has 0 spiro atoms. The van der Waals surface area contributed by atoms with Gasteiger partial charge in [0.05, 0.1) is 11.1 Å². The number of benzene rings is 2. The van der Waals surface area contributed by atoms with Gasteiger partial charge in [-0.2, -0.15) is 0 Å². The number of imide groups is 1. The fourth-order valence-electron chi connectivity index (χ4n) is 2.40. The molecule has 0 saturated carbocycles. The zero-order valence-corrected chi connectivity index (χ0v) is 10.9. The van der Waals surface area contributed by atoms with Gasteiger partial charge in [0.15, 0.2) is 0 Å². The van der Waals surface area contributed by atoms with Crippen molar-refractivity contribution < 1.29 is 9.59 Å². The number of hydrogen-bond donors (Lipinski definition) is 1. The van der Waals surface area contributed by atoms with Crippen molar-refractivity contribution in [1.82, 2.24) is 4.90 Å². The van der Waals surface area contributed by atoms with Gasteiger partial charge in [0.2, 0.25) is 0 Å². The number of nitrogen functional groups attached to an aromatic ring is 1. The average Bonchev–Trinajstić information content (AvgIpc) is 2.70. The number of anilines is 1. The normalized spacial score (nSPS) is 13.7. The lowest BCUT2D eigenvalue weighted by atomic mass is 10.1. The fraction of sp³-hybridized carbons (Fsp3) is 0.125. The van der Waals surface area contributed by atoms with Crippen LogP contribution < -0.4 is 5.73 Å². The van der Waals surface area contributed by atoms with Crippen LogP contribution in [0, 0.1) is 0 Å². The maximum Gasteiger partial charge on any atom is 0.261 e. The van der Waals surface area contributed by atoms with Gasteiger partial charge in [-0.3, -0.25) is 14.5 Å². The molecule has 0 saturated heterocycles. The summed E-state index contributed by atoms with van der Waals surface area (Å²) in [6.07, 6.45) is 0.655. The molecule has 3 rings (SSSR count). The van der Waals surface area contributed by atoms with E-state index in [1.54, 1.807) is 18.2 Å². The molecule has 0 radical (unpaired) electrons. The number of rotatable bonds is 3. The van der Waals surface area contributed by atoms with Gasteiger partial charge in [0.1, 0.15) is 0 Å². The van der Waals surface area contributed by atoms with Gasteiger partial charge in [-0.25, -0.2) is 0 Å². The summed E-state index contributed by atoms with van der Waals surface area (Å²) in [6.45, 7) is 0.385. The summed E-state index contributed by atoms with van der Waals surface area (Å²) in [7, 11) is 0. The Labute approximate surface area is 116 Å². The molecule has 1 aliphatic heterocycles. The predicted molar refractivity (Wildman–Crippen MR) is 76.4 cm³/mol. The quantitative estimate of drug-likeness (QED) is 0.683.